The zero-order chi connectivity index (χ0) is 22.7. The Balaban J connectivity index is 1.91. The number of carbonyl (C=O) groups is 4. The minimum absolute atomic E-state index is 0.0504. The Morgan fingerprint density at radius 3 is 2.48 bits per heavy atom. The quantitative estimate of drug-likeness (QED) is 0.560. The number of hydrogen-bond acceptors (Lipinski definition) is 5. The molecule has 0 bridgehead atoms. The molecule has 0 radical (unpaired) electrons. The fourth-order valence-electron chi connectivity index (χ4n) is 3.07. The van der Waals surface area contributed by atoms with E-state index in [0.717, 1.165) is 11.8 Å². The van der Waals surface area contributed by atoms with Crippen molar-refractivity contribution < 1.29 is 24.3 Å². The Kier molecular flexibility index (Phi) is 7.20. The largest absolute Gasteiger partial charge is 0.478 e. The van der Waals surface area contributed by atoms with E-state index < -0.39 is 17.4 Å². The Hall–Kier alpha value is -2.61. The first kappa shape index (κ1) is 23.1. The lowest BCUT2D eigenvalue weighted by atomic mass is 10.00. The number of carbonyl (C=O) groups excluding carboxylic acids is 3. The van der Waals surface area contributed by atoms with Gasteiger partial charge in [-0.05, 0) is 54.1 Å². The number of amides is 1. The van der Waals surface area contributed by atoms with Crippen LogP contribution in [0, 0.1) is 5.92 Å². The van der Waals surface area contributed by atoms with Crippen molar-refractivity contribution in [2.24, 2.45) is 5.92 Å². The number of hydrogen-bond donors (Lipinski definition) is 2. The van der Waals surface area contributed by atoms with Crippen molar-refractivity contribution in [2.75, 3.05) is 5.32 Å². The van der Waals surface area contributed by atoms with E-state index in [1.54, 1.807) is 37.3 Å². The van der Waals surface area contributed by atoms with Crippen LogP contribution in [0.25, 0.3) is 6.08 Å². The van der Waals surface area contributed by atoms with Crippen LogP contribution in [-0.4, -0.2) is 27.9 Å². The highest BCUT2D eigenvalue weighted by molar-refractivity contribution is 8.17. The third kappa shape index (κ3) is 5.36. The SMILES string of the molecule is CC1CCC(=O)S/C(=C\c2cccc(NC(=O)c3c(Cl)ccc(Cl)c3C(=O)O)c2)C1=O. The molecule has 2 aromatic rings. The summed E-state index contributed by atoms with van der Waals surface area (Å²) in [7, 11) is 0. The van der Waals surface area contributed by atoms with E-state index in [1.165, 1.54) is 12.1 Å². The van der Waals surface area contributed by atoms with Crippen molar-refractivity contribution in [3.05, 3.63) is 68.0 Å². The van der Waals surface area contributed by atoms with Crippen LogP contribution < -0.4 is 5.32 Å². The van der Waals surface area contributed by atoms with Crippen molar-refractivity contribution >= 4 is 69.5 Å². The molecule has 1 amide bonds. The standard InChI is InChI=1S/C22H17Cl2NO5S/c1-11-5-8-17(26)31-16(20(11)27)10-12-3-2-4-13(9-12)25-21(28)18-14(23)6-7-15(24)19(18)22(29)30/h2-4,6-7,9-11H,5,8H2,1H3,(H,25,28)(H,29,30)/b16-10-. The van der Waals surface area contributed by atoms with Gasteiger partial charge in [0.15, 0.2) is 10.9 Å². The first-order valence-electron chi connectivity index (χ1n) is 9.26. The monoisotopic (exact) mass is 477 g/mol. The molecule has 1 saturated heterocycles. The van der Waals surface area contributed by atoms with Crippen LogP contribution >= 0.6 is 35.0 Å². The van der Waals surface area contributed by atoms with Crippen LogP contribution in [0.5, 0.6) is 0 Å². The number of aromatic carboxylic acids is 1. The first-order chi connectivity index (χ1) is 14.7. The highest BCUT2D eigenvalue weighted by Crippen LogP contribution is 2.32. The smallest absolute Gasteiger partial charge is 0.338 e. The fraction of sp³-hybridized carbons (Fsp3) is 0.182. The summed E-state index contributed by atoms with van der Waals surface area (Å²) in [4.78, 5) is 49.1. The van der Waals surface area contributed by atoms with Gasteiger partial charge in [-0.1, -0.05) is 42.3 Å². The molecule has 6 nitrogen and oxygen atoms in total. The molecule has 31 heavy (non-hydrogen) atoms. The molecule has 2 aromatic carbocycles. The maximum absolute atomic E-state index is 12.8. The molecule has 1 aliphatic heterocycles. The second-order valence-corrected chi connectivity index (χ2v) is 8.86. The van der Waals surface area contributed by atoms with Crippen molar-refractivity contribution in [3.63, 3.8) is 0 Å². The number of anilines is 1. The minimum atomic E-state index is -1.38. The van der Waals surface area contributed by atoms with Crippen molar-refractivity contribution in [1.82, 2.24) is 0 Å². The summed E-state index contributed by atoms with van der Waals surface area (Å²) in [6.45, 7) is 1.79. The number of benzene rings is 2. The topological polar surface area (TPSA) is 101 Å². The zero-order valence-corrected chi connectivity index (χ0v) is 18.6. The summed E-state index contributed by atoms with van der Waals surface area (Å²) >= 11 is 12.9. The maximum Gasteiger partial charge on any atom is 0.338 e. The van der Waals surface area contributed by atoms with Gasteiger partial charge in [-0.25, -0.2) is 4.79 Å². The average molecular weight is 478 g/mol. The number of thioether (sulfide) groups is 1. The van der Waals surface area contributed by atoms with E-state index in [0.29, 0.717) is 29.0 Å². The molecule has 160 valence electrons. The van der Waals surface area contributed by atoms with Gasteiger partial charge in [0.25, 0.3) is 5.91 Å². The number of carboxylic acids is 1. The third-order valence-electron chi connectivity index (χ3n) is 4.68. The molecule has 2 N–H and O–H groups in total. The summed E-state index contributed by atoms with van der Waals surface area (Å²) in [5, 5.41) is 11.8. The second kappa shape index (κ2) is 9.68. The van der Waals surface area contributed by atoms with Crippen LogP contribution in [0.4, 0.5) is 5.69 Å². The average Bonchev–Trinajstić information content (AvgIpc) is 2.83. The van der Waals surface area contributed by atoms with Gasteiger partial charge in [0.1, 0.15) is 0 Å². The Bertz CT molecular complexity index is 1130. The fourth-order valence-corrected chi connectivity index (χ4v) is 4.51. The van der Waals surface area contributed by atoms with Gasteiger partial charge in [-0.2, -0.15) is 0 Å². The molecule has 0 saturated carbocycles. The van der Waals surface area contributed by atoms with Crippen LogP contribution in [0.1, 0.15) is 46.0 Å². The molecule has 1 unspecified atom stereocenters. The number of halogens is 2. The number of Topliss-reactive ketones (excluding diaryl/α,β-unsaturated/α-hetero) is 1. The van der Waals surface area contributed by atoms with Gasteiger partial charge >= 0.3 is 5.97 Å². The van der Waals surface area contributed by atoms with Gasteiger partial charge in [0, 0.05) is 18.0 Å². The molecule has 0 aromatic heterocycles. The molecule has 9 heteroatoms. The van der Waals surface area contributed by atoms with Crippen molar-refractivity contribution in [3.8, 4) is 0 Å². The van der Waals surface area contributed by atoms with Crippen LogP contribution in [0.15, 0.2) is 41.3 Å². The van der Waals surface area contributed by atoms with Crippen molar-refractivity contribution in [2.45, 2.75) is 19.8 Å². The summed E-state index contributed by atoms with van der Waals surface area (Å²) < 4.78 is 0. The molecule has 1 fully saturated rings. The summed E-state index contributed by atoms with van der Waals surface area (Å²) in [6, 6.07) is 9.26. The van der Waals surface area contributed by atoms with Gasteiger partial charge < -0.3 is 10.4 Å². The molecule has 1 heterocycles. The minimum Gasteiger partial charge on any atom is -0.478 e. The zero-order valence-electron chi connectivity index (χ0n) is 16.3. The second-order valence-electron chi connectivity index (χ2n) is 6.95. The lowest BCUT2D eigenvalue weighted by molar-refractivity contribution is -0.118. The van der Waals surface area contributed by atoms with Gasteiger partial charge in [-0.3, -0.25) is 14.4 Å². The molecule has 1 aliphatic rings. The molecule has 0 spiro atoms. The Morgan fingerprint density at radius 2 is 1.81 bits per heavy atom. The van der Waals surface area contributed by atoms with E-state index >= 15 is 0 Å². The predicted octanol–water partition coefficient (Wildman–Crippen LogP) is 5.54. The molecule has 1 atom stereocenters. The predicted molar refractivity (Wildman–Crippen MR) is 122 cm³/mol. The molecule has 3 rings (SSSR count). The lowest BCUT2D eigenvalue weighted by Crippen LogP contribution is -2.17. The summed E-state index contributed by atoms with van der Waals surface area (Å²) in [5.41, 5.74) is 0.320. The van der Waals surface area contributed by atoms with Gasteiger partial charge in [0.2, 0.25) is 0 Å². The van der Waals surface area contributed by atoms with E-state index in [9.17, 15) is 24.3 Å². The van der Waals surface area contributed by atoms with E-state index in [1.807, 2.05) is 0 Å². The molecular weight excluding hydrogens is 461 g/mol. The first-order valence-corrected chi connectivity index (χ1v) is 10.8. The van der Waals surface area contributed by atoms with Crippen molar-refractivity contribution in [1.29, 1.82) is 0 Å². The third-order valence-corrected chi connectivity index (χ3v) is 6.28. The van der Waals surface area contributed by atoms with E-state index in [2.05, 4.69) is 5.32 Å². The number of ketones is 1. The highest BCUT2D eigenvalue weighted by atomic mass is 35.5. The van der Waals surface area contributed by atoms with Crippen LogP contribution in [0.3, 0.4) is 0 Å². The number of carboxylic acid groups (broad SMARTS) is 1. The molecular formula is C22H17Cl2NO5S. The Labute approximate surface area is 192 Å². The molecule has 0 aliphatic carbocycles. The van der Waals surface area contributed by atoms with Gasteiger partial charge in [0.05, 0.1) is 26.1 Å². The summed E-state index contributed by atoms with van der Waals surface area (Å²) in [6.07, 6.45) is 2.47. The van der Waals surface area contributed by atoms with Gasteiger partial charge in [-0.15, -0.1) is 0 Å². The maximum atomic E-state index is 12.8. The van der Waals surface area contributed by atoms with Crippen LogP contribution in [-0.2, 0) is 9.59 Å². The van der Waals surface area contributed by atoms with E-state index in [-0.39, 0.29) is 32.4 Å². The normalized spacial score (nSPS) is 18.0. The lowest BCUT2D eigenvalue weighted by Gasteiger charge is -2.11. The van der Waals surface area contributed by atoms with E-state index in [4.69, 9.17) is 23.2 Å². The highest BCUT2D eigenvalue weighted by Gasteiger charge is 2.26. The van der Waals surface area contributed by atoms with Crippen LogP contribution in [0.2, 0.25) is 10.0 Å². The number of allylic oxidation sites excluding steroid dienone is 1. The summed E-state index contributed by atoms with van der Waals surface area (Å²) in [5.74, 6) is -2.45. The Morgan fingerprint density at radius 1 is 1.13 bits per heavy atom. The number of rotatable bonds is 4. The number of nitrogens with one attached hydrogen (secondary N) is 1.